The Bertz CT molecular complexity index is 463. The summed E-state index contributed by atoms with van der Waals surface area (Å²) >= 11 is 0. The lowest BCUT2D eigenvalue weighted by molar-refractivity contribution is 0.193. The number of likely N-dealkylation sites (N-methyl/N-ethyl adjacent to an activating group) is 1. The maximum Gasteiger partial charge on any atom is 0.132 e. The first-order valence-electron chi connectivity index (χ1n) is 7.68. The maximum absolute atomic E-state index is 5.56. The molecule has 0 spiro atoms. The van der Waals surface area contributed by atoms with Gasteiger partial charge in [-0.05, 0) is 33.0 Å². The minimum Gasteiger partial charge on any atom is -0.381 e. The van der Waals surface area contributed by atoms with Crippen molar-refractivity contribution >= 4 is 5.82 Å². The summed E-state index contributed by atoms with van der Waals surface area (Å²) in [6, 6.07) is 5.12. The van der Waals surface area contributed by atoms with Gasteiger partial charge in [0.25, 0.3) is 0 Å². The number of anilines is 1. The highest BCUT2D eigenvalue weighted by Crippen LogP contribution is 2.34. The third-order valence-corrected chi connectivity index (χ3v) is 4.59. The summed E-state index contributed by atoms with van der Waals surface area (Å²) in [7, 11) is 4.31. The van der Waals surface area contributed by atoms with Gasteiger partial charge >= 0.3 is 0 Å². The first-order valence-corrected chi connectivity index (χ1v) is 7.68. The SMILES string of the molecule is CCc1ccc(C2CCOC2)c(N2CC(N(C)C)C2)n1. The summed E-state index contributed by atoms with van der Waals surface area (Å²) in [6.45, 7) is 6.09. The van der Waals surface area contributed by atoms with E-state index in [0.717, 1.165) is 39.1 Å². The van der Waals surface area contributed by atoms with Crippen molar-refractivity contribution in [1.29, 1.82) is 0 Å². The molecule has 0 saturated carbocycles. The highest BCUT2D eigenvalue weighted by molar-refractivity contribution is 5.52. The summed E-state index contributed by atoms with van der Waals surface area (Å²) in [5.41, 5.74) is 2.58. The first-order chi connectivity index (χ1) is 9.69. The fraction of sp³-hybridized carbons (Fsp3) is 0.688. The van der Waals surface area contributed by atoms with E-state index in [2.05, 4.69) is 43.0 Å². The number of hydrogen-bond donors (Lipinski definition) is 0. The van der Waals surface area contributed by atoms with E-state index in [4.69, 9.17) is 9.72 Å². The molecule has 2 saturated heterocycles. The van der Waals surface area contributed by atoms with Crippen LogP contribution in [0.5, 0.6) is 0 Å². The Hall–Kier alpha value is -1.13. The number of pyridine rings is 1. The Morgan fingerprint density at radius 2 is 2.15 bits per heavy atom. The quantitative estimate of drug-likeness (QED) is 0.839. The molecular weight excluding hydrogens is 250 g/mol. The zero-order valence-corrected chi connectivity index (χ0v) is 12.8. The molecule has 1 aromatic heterocycles. The summed E-state index contributed by atoms with van der Waals surface area (Å²) < 4.78 is 5.56. The molecule has 1 unspecified atom stereocenters. The minimum atomic E-state index is 0.529. The van der Waals surface area contributed by atoms with Crippen LogP contribution in [0.4, 0.5) is 5.82 Å². The fourth-order valence-electron chi connectivity index (χ4n) is 3.00. The molecule has 0 N–H and O–H groups in total. The van der Waals surface area contributed by atoms with Crippen molar-refractivity contribution < 1.29 is 4.74 Å². The van der Waals surface area contributed by atoms with Crippen LogP contribution in [0, 0.1) is 0 Å². The van der Waals surface area contributed by atoms with E-state index in [9.17, 15) is 0 Å². The first kappa shape index (κ1) is 13.8. The van der Waals surface area contributed by atoms with E-state index in [1.165, 1.54) is 17.1 Å². The predicted octanol–water partition coefficient (Wildman–Crippen LogP) is 1.90. The number of nitrogens with zero attached hydrogens (tertiary/aromatic N) is 3. The van der Waals surface area contributed by atoms with Crippen LogP contribution in [0.15, 0.2) is 12.1 Å². The molecule has 3 rings (SSSR count). The second-order valence-electron chi connectivity index (χ2n) is 6.15. The Balaban J connectivity index is 1.83. The summed E-state index contributed by atoms with van der Waals surface area (Å²) in [5.74, 6) is 1.74. The van der Waals surface area contributed by atoms with E-state index in [0.29, 0.717) is 12.0 Å². The van der Waals surface area contributed by atoms with Gasteiger partial charge in [-0.3, -0.25) is 0 Å². The smallest absolute Gasteiger partial charge is 0.132 e. The van der Waals surface area contributed by atoms with Gasteiger partial charge in [-0.25, -0.2) is 4.98 Å². The van der Waals surface area contributed by atoms with Crippen molar-refractivity contribution in [3.05, 3.63) is 23.4 Å². The van der Waals surface area contributed by atoms with Crippen LogP contribution in [-0.2, 0) is 11.2 Å². The minimum absolute atomic E-state index is 0.529. The molecule has 4 nitrogen and oxygen atoms in total. The number of rotatable bonds is 4. The van der Waals surface area contributed by atoms with Gasteiger partial charge in [-0.2, -0.15) is 0 Å². The number of aromatic nitrogens is 1. The van der Waals surface area contributed by atoms with E-state index < -0.39 is 0 Å². The molecule has 4 heteroatoms. The van der Waals surface area contributed by atoms with Crippen LogP contribution in [0.1, 0.15) is 30.5 Å². The van der Waals surface area contributed by atoms with Crippen molar-refractivity contribution in [2.24, 2.45) is 0 Å². The Morgan fingerprint density at radius 1 is 1.35 bits per heavy atom. The van der Waals surface area contributed by atoms with Crippen molar-refractivity contribution in [2.75, 3.05) is 45.3 Å². The Labute approximate surface area is 121 Å². The molecule has 0 aliphatic carbocycles. The van der Waals surface area contributed by atoms with E-state index in [1.807, 2.05) is 0 Å². The lowest BCUT2D eigenvalue weighted by Crippen LogP contribution is -2.58. The zero-order valence-electron chi connectivity index (χ0n) is 12.8. The second-order valence-corrected chi connectivity index (χ2v) is 6.15. The zero-order chi connectivity index (χ0) is 14.1. The van der Waals surface area contributed by atoms with Crippen LogP contribution in [0.25, 0.3) is 0 Å². The number of aryl methyl sites for hydroxylation is 1. The Kier molecular flexibility index (Phi) is 3.94. The summed E-state index contributed by atoms with van der Waals surface area (Å²) in [6.07, 6.45) is 2.13. The molecule has 2 aliphatic heterocycles. The summed E-state index contributed by atoms with van der Waals surface area (Å²) in [4.78, 5) is 9.64. The molecule has 2 fully saturated rings. The third kappa shape index (κ3) is 2.54. The summed E-state index contributed by atoms with van der Waals surface area (Å²) in [5, 5.41) is 0. The molecule has 0 amide bonds. The molecule has 1 atom stereocenters. The van der Waals surface area contributed by atoms with Gasteiger partial charge < -0.3 is 14.5 Å². The van der Waals surface area contributed by atoms with Crippen molar-refractivity contribution in [1.82, 2.24) is 9.88 Å². The monoisotopic (exact) mass is 275 g/mol. The number of ether oxygens (including phenoxy) is 1. The van der Waals surface area contributed by atoms with Crippen LogP contribution in [-0.4, -0.2) is 56.3 Å². The molecule has 3 heterocycles. The van der Waals surface area contributed by atoms with Gasteiger partial charge in [0.05, 0.1) is 6.61 Å². The van der Waals surface area contributed by atoms with Crippen molar-refractivity contribution in [3.8, 4) is 0 Å². The highest BCUT2D eigenvalue weighted by atomic mass is 16.5. The maximum atomic E-state index is 5.56. The van der Waals surface area contributed by atoms with Crippen LogP contribution < -0.4 is 4.90 Å². The molecule has 0 bridgehead atoms. The molecular formula is C16H25N3O. The standard InChI is InChI=1S/C16H25N3O/c1-4-13-5-6-15(12-7-8-20-11-12)16(17-13)19-9-14(10-19)18(2)3/h5-6,12,14H,4,7-11H2,1-3H3. The normalized spacial score (nSPS) is 23.4. The Morgan fingerprint density at radius 3 is 2.75 bits per heavy atom. The van der Waals surface area contributed by atoms with Gasteiger partial charge in [-0.15, -0.1) is 0 Å². The lowest BCUT2D eigenvalue weighted by atomic mass is 9.96. The number of hydrogen-bond acceptors (Lipinski definition) is 4. The van der Waals surface area contributed by atoms with Gasteiger partial charge in [0.1, 0.15) is 5.82 Å². The van der Waals surface area contributed by atoms with Gasteiger partial charge in [0.15, 0.2) is 0 Å². The van der Waals surface area contributed by atoms with Crippen LogP contribution in [0.3, 0.4) is 0 Å². The van der Waals surface area contributed by atoms with E-state index >= 15 is 0 Å². The molecule has 1 aromatic rings. The second kappa shape index (κ2) is 5.70. The predicted molar refractivity (Wildman–Crippen MR) is 81.5 cm³/mol. The molecule has 2 aliphatic rings. The van der Waals surface area contributed by atoms with Crippen LogP contribution >= 0.6 is 0 Å². The largest absolute Gasteiger partial charge is 0.381 e. The lowest BCUT2D eigenvalue weighted by Gasteiger charge is -2.44. The van der Waals surface area contributed by atoms with Crippen molar-refractivity contribution in [2.45, 2.75) is 31.7 Å². The van der Waals surface area contributed by atoms with Gasteiger partial charge in [-0.1, -0.05) is 13.0 Å². The average Bonchev–Trinajstić information content (AvgIpc) is 2.90. The molecule has 0 aromatic carbocycles. The van der Waals surface area contributed by atoms with Gasteiger partial charge in [0.2, 0.25) is 0 Å². The molecule has 110 valence electrons. The fourth-order valence-corrected chi connectivity index (χ4v) is 3.00. The van der Waals surface area contributed by atoms with E-state index in [1.54, 1.807) is 0 Å². The third-order valence-electron chi connectivity index (χ3n) is 4.59. The average molecular weight is 275 g/mol. The topological polar surface area (TPSA) is 28.6 Å². The molecule has 0 radical (unpaired) electrons. The van der Waals surface area contributed by atoms with Crippen molar-refractivity contribution in [3.63, 3.8) is 0 Å². The van der Waals surface area contributed by atoms with E-state index in [-0.39, 0.29) is 0 Å². The highest BCUT2D eigenvalue weighted by Gasteiger charge is 2.32. The van der Waals surface area contributed by atoms with Crippen LogP contribution in [0.2, 0.25) is 0 Å². The molecule has 20 heavy (non-hydrogen) atoms. The van der Waals surface area contributed by atoms with Gasteiger partial charge in [0, 0.05) is 42.9 Å².